The molecular formula is C25H32N6O6. The van der Waals surface area contributed by atoms with Crippen LogP contribution in [-0.2, 0) is 36.8 Å². The van der Waals surface area contributed by atoms with Crippen molar-refractivity contribution in [3.05, 3.63) is 71.8 Å². The lowest BCUT2D eigenvalue weighted by Gasteiger charge is -2.24. The average molecular weight is 513 g/mol. The van der Waals surface area contributed by atoms with Gasteiger partial charge in [-0.3, -0.25) is 24.0 Å². The molecule has 0 aliphatic rings. The van der Waals surface area contributed by atoms with Crippen LogP contribution in [-0.4, -0.2) is 72.5 Å². The zero-order valence-corrected chi connectivity index (χ0v) is 20.2. The van der Waals surface area contributed by atoms with E-state index in [9.17, 15) is 29.1 Å². The van der Waals surface area contributed by atoms with E-state index in [0.29, 0.717) is 0 Å². The van der Waals surface area contributed by atoms with Gasteiger partial charge in [0.25, 0.3) is 0 Å². The summed E-state index contributed by atoms with van der Waals surface area (Å²) < 4.78 is 0. The molecule has 2 aromatic carbocycles. The van der Waals surface area contributed by atoms with E-state index in [4.69, 9.17) is 11.5 Å². The Kier molecular flexibility index (Phi) is 11.7. The number of carbonyl (C=O) groups excluding carboxylic acids is 5. The van der Waals surface area contributed by atoms with Gasteiger partial charge in [-0.1, -0.05) is 60.7 Å². The standard InChI is InChI=1S/C25H32N6O6/c26-13-22(34)29-19(12-17-9-5-2-6-10-17)24(36)31-20(15-32)25(37)30-18(23(35)28-14-21(27)33)11-16-7-3-1-4-8-16/h1-10,18-20,32H,11-15,26H2,(H2,27,33)(H,28,35)(H,29,34)(H,30,37)(H,31,36)/t18-,19-,20-/m0/s1. The zero-order chi connectivity index (χ0) is 27.2. The van der Waals surface area contributed by atoms with Crippen molar-refractivity contribution in [1.82, 2.24) is 21.3 Å². The Morgan fingerprint density at radius 1 is 0.703 bits per heavy atom. The highest BCUT2D eigenvalue weighted by Crippen LogP contribution is 2.06. The van der Waals surface area contributed by atoms with Gasteiger partial charge in [0.15, 0.2) is 0 Å². The van der Waals surface area contributed by atoms with E-state index in [1.165, 1.54) is 0 Å². The third-order valence-electron chi connectivity index (χ3n) is 5.29. The molecule has 0 radical (unpaired) electrons. The van der Waals surface area contributed by atoms with Crippen LogP contribution in [0, 0.1) is 0 Å². The van der Waals surface area contributed by atoms with Gasteiger partial charge in [-0.15, -0.1) is 0 Å². The number of benzene rings is 2. The molecule has 37 heavy (non-hydrogen) atoms. The van der Waals surface area contributed by atoms with Gasteiger partial charge in [0.05, 0.1) is 19.7 Å². The summed E-state index contributed by atoms with van der Waals surface area (Å²) in [6.07, 6.45) is 0.191. The first-order valence-corrected chi connectivity index (χ1v) is 11.6. The van der Waals surface area contributed by atoms with Gasteiger partial charge in [-0.25, -0.2) is 0 Å². The fourth-order valence-corrected chi connectivity index (χ4v) is 3.41. The minimum atomic E-state index is -1.43. The first-order chi connectivity index (χ1) is 17.7. The molecule has 0 heterocycles. The van der Waals surface area contributed by atoms with Gasteiger partial charge in [0, 0.05) is 12.8 Å². The molecule has 5 amide bonds. The molecule has 2 rings (SSSR count). The smallest absolute Gasteiger partial charge is 0.245 e. The van der Waals surface area contributed by atoms with Crippen molar-refractivity contribution in [2.45, 2.75) is 31.0 Å². The molecule has 0 unspecified atom stereocenters. The third-order valence-corrected chi connectivity index (χ3v) is 5.29. The molecule has 0 saturated heterocycles. The number of hydrogen-bond donors (Lipinski definition) is 7. The molecule has 0 spiro atoms. The monoisotopic (exact) mass is 512 g/mol. The van der Waals surface area contributed by atoms with Crippen molar-refractivity contribution in [2.75, 3.05) is 19.7 Å². The number of nitrogens with one attached hydrogen (secondary N) is 4. The Morgan fingerprint density at radius 2 is 1.16 bits per heavy atom. The molecule has 0 aliphatic heterocycles. The van der Waals surface area contributed by atoms with Gasteiger partial charge in [-0.05, 0) is 11.1 Å². The molecule has 0 aromatic heterocycles. The Morgan fingerprint density at radius 3 is 1.62 bits per heavy atom. The Bertz CT molecular complexity index is 1070. The second-order valence-corrected chi connectivity index (χ2v) is 8.19. The van der Waals surface area contributed by atoms with Gasteiger partial charge < -0.3 is 37.8 Å². The lowest BCUT2D eigenvalue weighted by atomic mass is 10.0. The van der Waals surface area contributed by atoms with E-state index in [2.05, 4.69) is 21.3 Å². The van der Waals surface area contributed by atoms with Crippen LogP contribution < -0.4 is 32.7 Å². The molecule has 0 aliphatic carbocycles. The number of aliphatic hydroxyl groups excluding tert-OH is 1. The first kappa shape index (κ1) is 28.9. The second kappa shape index (κ2) is 15.0. The lowest BCUT2D eigenvalue weighted by molar-refractivity contribution is -0.134. The average Bonchev–Trinajstić information content (AvgIpc) is 2.90. The maximum Gasteiger partial charge on any atom is 0.245 e. The highest BCUT2D eigenvalue weighted by Gasteiger charge is 2.29. The SMILES string of the molecule is NCC(=O)N[C@@H](Cc1ccccc1)C(=O)N[C@@H](CO)C(=O)N[C@@H](Cc1ccccc1)C(=O)NCC(N)=O. The number of primary amides is 1. The number of amides is 5. The van der Waals surface area contributed by atoms with Gasteiger partial charge in [0.2, 0.25) is 29.5 Å². The van der Waals surface area contributed by atoms with E-state index in [-0.39, 0.29) is 19.4 Å². The van der Waals surface area contributed by atoms with E-state index in [0.717, 1.165) is 11.1 Å². The molecule has 9 N–H and O–H groups in total. The number of rotatable bonds is 14. The van der Waals surface area contributed by atoms with Crippen LogP contribution in [0.5, 0.6) is 0 Å². The molecule has 0 bridgehead atoms. The van der Waals surface area contributed by atoms with Gasteiger partial charge >= 0.3 is 0 Å². The molecule has 2 aromatic rings. The quantitative estimate of drug-likeness (QED) is 0.144. The Balaban J connectivity index is 2.14. The summed E-state index contributed by atoms with van der Waals surface area (Å²) in [5.41, 5.74) is 11.9. The van der Waals surface area contributed by atoms with Crippen LogP contribution >= 0.6 is 0 Å². The van der Waals surface area contributed by atoms with Crippen molar-refractivity contribution in [2.24, 2.45) is 11.5 Å². The highest BCUT2D eigenvalue weighted by molar-refractivity contribution is 5.95. The summed E-state index contributed by atoms with van der Waals surface area (Å²) in [5, 5.41) is 19.6. The minimum Gasteiger partial charge on any atom is -0.394 e. The topological polar surface area (TPSA) is 206 Å². The largest absolute Gasteiger partial charge is 0.394 e. The minimum absolute atomic E-state index is 0.0759. The predicted molar refractivity (Wildman–Crippen MR) is 134 cm³/mol. The van der Waals surface area contributed by atoms with E-state index in [1.807, 2.05) is 0 Å². The molecular weight excluding hydrogens is 480 g/mol. The third kappa shape index (κ3) is 10.1. The number of hydrogen-bond acceptors (Lipinski definition) is 7. The Labute approximate surface area is 214 Å². The lowest BCUT2D eigenvalue weighted by Crippen LogP contribution is -2.59. The van der Waals surface area contributed by atoms with Crippen molar-refractivity contribution in [1.29, 1.82) is 0 Å². The van der Waals surface area contributed by atoms with Crippen LogP contribution in [0.1, 0.15) is 11.1 Å². The van der Waals surface area contributed by atoms with E-state index < -0.39 is 60.8 Å². The first-order valence-electron chi connectivity index (χ1n) is 11.6. The summed E-state index contributed by atoms with van der Waals surface area (Å²) in [6, 6.07) is 14.1. The second-order valence-electron chi connectivity index (χ2n) is 8.19. The van der Waals surface area contributed by atoms with E-state index >= 15 is 0 Å². The predicted octanol–water partition coefficient (Wildman–Crippen LogP) is -2.52. The summed E-state index contributed by atoms with van der Waals surface area (Å²) >= 11 is 0. The van der Waals surface area contributed by atoms with Crippen molar-refractivity contribution >= 4 is 29.5 Å². The van der Waals surface area contributed by atoms with Crippen LogP contribution in [0.2, 0.25) is 0 Å². The van der Waals surface area contributed by atoms with Crippen molar-refractivity contribution in [3.63, 3.8) is 0 Å². The summed E-state index contributed by atoms with van der Waals surface area (Å²) in [7, 11) is 0. The fraction of sp³-hybridized carbons (Fsp3) is 0.320. The summed E-state index contributed by atoms with van der Waals surface area (Å²) in [4.78, 5) is 61.5. The van der Waals surface area contributed by atoms with Crippen LogP contribution in [0.3, 0.4) is 0 Å². The Hall–Kier alpha value is -4.29. The zero-order valence-electron chi connectivity index (χ0n) is 20.2. The maximum atomic E-state index is 13.0. The number of aliphatic hydroxyl groups is 1. The van der Waals surface area contributed by atoms with Crippen molar-refractivity contribution in [3.8, 4) is 0 Å². The summed E-state index contributed by atoms with van der Waals surface area (Å²) in [6.45, 7) is -1.55. The number of nitrogens with two attached hydrogens (primary N) is 2. The summed E-state index contributed by atoms with van der Waals surface area (Å²) in [5.74, 6) is -3.57. The molecule has 198 valence electrons. The van der Waals surface area contributed by atoms with Crippen molar-refractivity contribution < 1.29 is 29.1 Å². The normalized spacial score (nSPS) is 12.9. The molecule has 0 fully saturated rings. The molecule has 3 atom stereocenters. The molecule has 12 nitrogen and oxygen atoms in total. The number of carbonyl (C=O) groups is 5. The van der Waals surface area contributed by atoms with Crippen LogP contribution in [0.25, 0.3) is 0 Å². The fourth-order valence-electron chi connectivity index (χ4n) is 3.41. The van der Waals surface area contributed by atoms with Gasteiger partial charge in [0.1, 0.15) is 18.1 Å². The van der Waals surface area contributed by atoms with E-state index in [1.54, 1.807) is 60.7 Å². The molecule has 0 saturated carbocycles. The van der Waals surface area contributed by atoms with Crippen LogP contribution in [0.4, 0.5) is 0 Å². The highest BCUT2D eigenvalue weighted by atomic mass is 16.3. The van der Waals surface area contributed by atoms with Crippen LogP contribution in [0.15, 0.2) is 60.7 Å². The maximum absolute atomic E-state index is 13.0. The molecule has 12 heteroatoms. The van der Waals surface area contributed by atoms with Gasteiger partial charge in [-0.2, -0.15) is 0 Å².